The zero-order valence-corrected chi connectivity index (χ0v) is 14.8. The summed E-state index contributed by atoms with van der Waals surface area (Å²) in [4.78, 5) is 17.7. The Hall–Kier alpha value is -2.82. The van der Waals surface area contributed by atoms with Crippen LogP contribution in [0.15, 0.2) is 65.8 Å². The number of benzene rings is 2. The van der Waals surface area contributed by atoms with Crippen molar-refractivity contribution in [1.29, 1.82) is 0 Å². The molecule has 2 aromatic carbocycles. The van der Waals surface area contributed by atoms with Gasteiger partial charge in [0, 0.05) is 18.0 Å². The van der Waals surface area contributed by atoms with Gasteiger partial charge in [-0.15, -0.1) is 0 Å². The summed E-state index contributed by atoms with van der Waals surface area (Å²) < 4.78 is 5.77. The number of carbonyl (C=O) groups is 1. The van der Waals surface area contributed by atoms with Gasteiger partial charge in [0.05, 0.1) is 11.1 Å². The Morgan fingerprint density at radius 3 is 2.54 bits per heavy atom. The minimum absolute atomic E-state index is 0.392. The van der Waals surface area contributed by atoms with Crippen molar-refractivity contribution in [2.45, 2.75) is 31.5 Å². The second-order valence-corrected chi connectivity index (χ2v) is 6.78. The van der Waals surface area contributed by atoms with Gasteiger partial charge in [-0.1, -0.05) is 60.6 Å². The molecule has 3 rings (SSSR count). The van der Waals surface area contributed by atoms with Crippen LogP contribution in [0.1, 0.15) is 29.3 Å². The second kappa shape index (κ2) is 8.04. The first-order valence-electron chi connectivity index (χ1n) is 8.69. The lowest BCUT2D eigenvalue weighted by Crippen LogP contribution is -2.54. The van der Waals surface area contributed by atoms with Crippen molar-refractivity contribution < 1.29 is 9.53 Å². The number of piperidine rings is 1. The number of rotatable bonds is 5. The van der Waals surface area contributed by atoms with E-state index < -0.39 is 17.6 Å². The molecule has 1 aliphatic rings. The molecule has 1 heterocycles. The number of hydrogen-bond donors (Lipinski definition) is 0. The topological polar surface area (TPSA) is 78.3 Å². The third-order valence-corrected chi connectivity index (χ3v) is 4.83. The van der Waals surface area contributed by atoms with E-state index in [4.69, 9.17) is 10.3 Å². The maximum Gasteiger partial charge on any atom is 0.338 e. The van der Waals surface area contributed by atoms with Gasteiger partial charge in [0.2, 0.25) is 0 Å². The molecule has 1 unspecified atom stereocenters. The highest BCUT2D eigenvalue weighted by Crippen LogP contribution is 2.30. The molecule has 1 saturated heterocycles. The van der Waals surface area contributed by atoms with E-state index >= 15 is 0 Å². The van der Waals surface area contributed by atoms with Gasteiger partial charge in [-0.25, -0.2) is 4.79 Å². The number of nitrogens with zero attached hydrogens (tertiary/aromatic N) is 4. The molecule has 0 aliphatic carbocycles. The highest BCUT2D eigenvalue weighted by molar-refractivity contribution is 5.89. The highest BCUT2D eigenvalue weighted by atomic mass is 16.5. The van der Waals surface area contributed by atoms with Crippen LogP contribution in [0.5, 0.6) is 0 Å². The summed E-state index contributed by atoms with van der Waals surface area (Å²) in [5.74, 6) is -0.392. The maximum absolute atomic E-state index is 12.5. The van der Waals surface area contributed by atoms with Crippen LogP contribution < -0.4 is 0 Å². The first-order chi connectivity index (χ1) is 12.6. The Labute approximate surface area is 153 Å². The molecule has 1 aliphatic heterocycles. The number of esters is 1. The molecule has 6 nitrogen and oxygen atoms in total. The summed E-state index contributed by atoms with van der Waals surface area (Å²) in [7, 11) is 0. The largest absolute Gasteiger partial charge is 0.457 e. The van der Waals surface area contributed by atoms with Gasteiger partial charge in [0.1, 0.15) is 6.10 Å². The van der Waals surface area contributed by atoms with Crippen molar-refractivity contribution in [1.82, 2.24) is 4.90 Å². The highest BCUT2D eigenvalue weighted by Gasteiger charge is 2.41. The Balaban J connectivity index is 1.75. The van der Waals surface area contributed by atoms with Crippen LogP contribution in [0.4, 0.5) is 0 Å². The number of hydrogen-bond acceptors (Lipinski definition) is 4. The lowest BCUT2D eigenvalue weighted by atomic mass is 9.87. The smallest absolute Gasteiger partial charge is 0.338 e. The molecule has 0 N–H and O–H groups in total. The third-order valence-electron chi connectivity index (χ3n) is 4.83. The Bertz CT molecular complexity index is 790. The Morgan fingerprint density at radius 1 is 1.23 bits per heavy atom. The molecule has 2 aromatic rings. The zero-order chi connectivity index (χ0) is 18.4. The monoisotopic (exact) mass is 350 g/mol. The molecular weight excluding hydrogens is 328 g/mol. The molecule has 0 saturated carbocycles. The molecule has 134 valence electrons. The maximum atomic E-state index is 12.5. The van der Waals surface area contributed by atoms with Crippen LogP contribution in [-0.2, 0) is 11.3 Å². The van der Waals surface area contributed by atoms with E-state index in [1.165, 1.54) is 5.56 Å². The fourth-order valence-electron chi connectivity index (χ4n) is 3.21. The molecule has 26 heavy (non-hydrogen) atoms. The number of azide groups is 1. The van der Waals surface area contributed by atoms with E-state index in [0.717, 1.165) is 13.1 Å². The van der Waals surface area contributed by atoms with Crippen LogP contribution in [0, 0.1) is 0 Å². The van der Waals surface area contributed by atoms with E-state index in [-0.39, 0.29) is 0 Å². The molecule has 0 aromatic heterocycles. The predicted octanol–water partition coefficient (Wildman–Crippen LogP) is 4.19. The van der Waals surface area contributed by atoms with Gasteiger partial charge in [0.15, 0.2) is 0 Å². The van der Waals surface area contributed by atoms with Crippen LogP contribution in [0.3, 0.4) is 0 Å². The van der Waals surface area contributed by atoms with Crippen LogP contribution in [0.2, 0.25) is 0 Å². The van der Waals surface area contributed by atoms with Crippen molar-refractivity contribution >= 4 is 5.97 Å². The Morgan fingerprint density at radius 2 is 1.88 bits per heavy atom. The summed E-state index contributed by atoms with van der Waals surface area (Å²) in [5.41, 5.74) is 9.91. The molecule has 1 fully saturated rings. The lowest BCUT2D eigenvalue weighted by Gasteiger charge is -2.42. The van der Waals surface area contributed by atoms with Crippen molar-refractivity contribution in [2.75, 3.05) is 13.1 Å². The second-order valence-electron chi connectivity index (χ2n) is 6.78. The first kappa shape index (κ1) is 18.0. The Kier molecular flexibility index (Phi) is 5.56. The van der Waals surface area contributed by atoms with Gasteiger partial charge in [-0.3, -0.25) is 4.90 Å². The van der Waals surface area contributed by atoms with Crippen molar-refractivity contribution in [3.8, 4) is 0 Å². The average Bonchev–Trinajstić information content (AvgIpc) is 2.66. The first-order valence-corrected chi connectivity index (χ1v) is 8.69. The number of ether oxygens (including phenoxy) is 1. The zero-order valence-electron chi connectivity index (χ0n) is 14.8. The predicted molar refractivity (Wildman–Crippen MR) is 99.5 cm³/mol. The minimum Gasteiger partial charge on any atom is -0.457 e. The standard InChI is InChI=1S/C20H22N4O2/c1-20(22-23-21)12-13-24(14-16-8-4-2-5-9-16)15-18(20)26-19(25)17-10-6-3-7-11-17/h2-11,18H,12-15H2,1H3/t18-,20?/m0/s1. The fourth-order valence-corrected chi connectivity index (χ4v) is 3.21. The van der Waals surface area contributed by atoms with Crippen LogP contribution in [-0.4, -0.2) is 35.6 Å². The summed E-state index contributed by atoms with van der Waals surface area (Å²) in [6.07, 6.45) is 0.139. The van der Waals surface area contributed by atoms with E-state index in [2.05, 4.69) is 27.1 Å². The molecule has 0 radical (unpaired) electrons. The normalized spacial score (nSPS) is 23.0. The quantitative estimate of drug-likeness (QED) is 0.351. The van der Waals surface area contributed by atoms with Crippen molar-refractivity contribution in [2.24, 2.45) is 5.11 Å². The molecule has 2 atom stereocenters. The molecule has 0 bridgehead atoms. The number of likely N-dealkylation sites (tertiary alicyclic amines) is 1. The SMILES string of the molecule is CC1(N=[N+]=[N-])CCN(Cc2ccccc2)C[C@@H]1OC(=O)c1ccccc1. The van der Waals surface area contributed by atoms with Crippen LogP contribution in [0.25, 0.3) is 10.4 Å². The van der Waals surface area contributed by atoms with Gasteiger partial charge in [-0.05, 0) is 36.2 Å². The molecule has 6 heteroatoms. The molecule has 0 amide bonds. The van der Waals surface area contributed by atoms with E-state index in [9.17, 15) is 4.79 Å². The van der Waals surface area contributed by atoms with Crippen molar-refractivity contribution in [3.05, 3.63) is 82.2 Å². The molecular formula is C20H22N4O2. The van der Waals surface area contributed by atoms with E-state index in [1.807, 2.05) is 31.2 Å². The molecule has 0 spiro atoms. The van der Waals surface area contributed by atoms with Gasteiger partial charge in [-0.2, -0.15) is 0 Å². The van der Waals surface area contributed by atoms with Crippen molar-refractivity contribution in [3.63, 3.8) is 0 Å². The van der Waals surface area contributed by atoms with Crippen LogP contribution >= 0.6 is 0 Å². The summed E-state index contributed by atoms with van der Waals surface area (Å²) in [5, 5.41) is 3.96. The lowest BCUT2D eigenvalue weighted by molar-refractivity contribution is -0.0254. The van der Waals surface area contributed by atoms with Gasteiger partial charge >= 0.3 is 5.97 Å². The minimum atomic E-state index is -0.744. The summed E-state index contributed by atoms with van der Waals surface area (Å²) in [6, 6.07) is 19.0. The fraction of sp³-hybridized carbons (Fsp3) is 0.350. The van der Waals surface area contributed by atoms with Gasteiger partial charge in [0.25, 0.3) is 0 Å². The van der Waals surface area contributed by atoms with E-state index in [0.29, 0.717) is 18.5 Å². The van der Waals surface area contributed by atoms with E-state index in [1.54, 1.807) is 24.3 Å². The summed E-state index contributed by atoms with van der Waals surface area (Å²) in [6.45, 7) is 3.94. The van der Waals surface area contributed by atoms with Gasteiger partial charge < -0.3 is 4.74 Å². The third kappa shape index (κ3) is 4.23. The summed E-state index contributed by atoms with van der Waals surface area (Å²) >= 11 is 0. The number of carbonyl (C=O) groups excluding carboxylic acids is 1. The average molecular weight is 350 g/mol.